The van der Waals surface area contributed by atoms with Crippen LogP contribution < -0.4 is 10.6 Å². The van der Waals surface area contributed by atoms with Crippen LogP contribution in [0.25, 0.3) is 22.4 Å². The first kappa shape index (κ1) is 20.2. The number of halogens is 1. The van der Waals surface area contributed by atoms with E-state index in [9.17, 15) is 0 Å². The standard InChI is InChI=1S/C21H22N8.ClH/c1-5-24-20(25-6-1)16-2-3-17-18(13-16)27-21(26-17)28-19-12-15(4-7-23-19)14-29-10-8-22-9-11-29;/h1-7,12-13,22H,8-11,14H2,(H2,23,26,27,28);1H. The highest BCUT2D eigenvalue weighted by molar-refractivity contribution is 5.85. The number of H-pyrrole nitrogens is 1. The maximum atomic E-state index is 4.62. The first-order chi connectivity index (χ1) is 14.3. The molecule has 5 rings (SSSR count). The molecule has 1 aliphatic heterocycles. The lowest BCUT2D eigenvalue weighted by atomic mass is 10.2. The van der Waals surface area contributed by atoms with Crippen LogP contribution in [0.5, 0.6) is 0 Å². The summed E-state index contributed by atoms with van der Waals surface area (Å²) in [6.45, 7) is 5.17. The van der Waals surface area contributed by atoms with E-state index in [0.717, 1.165) is 55.1 Å². The summed E-state index contributed by atoms with van der Waals surface area (Å²) in [5.41, 5.74) is 3.99. The molecule has 154 valence electrons. The van der Waals surface area contributed by atoms with Crippen molar-refractivity contribution in [3.05, 3.63) is 60.6 Å². The number of hydrogen-bond donors (Lipinski definition) is 3. The Morgan fingerprint density at radius 3 is 2.63 bits per heavy atom. The van der Waals surface area contributed by atoms with Crippen LogP contribution in [0.4, 0.5) is 11.8 Å². The Morgan fingerprint density at radius 2 is 1.80 bits per heavy atom. The van der Waals surface area contributed by atoms with Gasteiger partial charge in [-0.1, -0.05) is 0 Å². The molecule has 0 unspecified atom stereocenters. The Labute approximate surface area is 180 Å². The number of rotatable bonds is 5. The van der Waals surface area contributed by atoms with Gasteiger partial charge < -0.3 is 15.6 Å². The summed E-state index contributed by atoms with van der Waals surface area (Å²) in [6, 6.07) is 11.9. The summed E-state index contributed by atoms with van der Waals surface area (Å²) in [6.07, 6.45) is 5.32. The predicted molar refractivity (Wildman–Crippen MR) is 120 cm³/mol. The summed E-state index contributed by atoms with van der Waals surface area (Å²) in [5, 5.41) is 6.68. The van der Waals surface area contributed by atoms with Crippen LogP contribution in [0, 0.1) is 0 Å². The van der Waals surface area contributed by atoms with Gasteiger partial charge in [-0.25, -0.2) is 19.9 Å². The number of anilines is 2. The molecule has 1 fully saturated rings. The van der Waals surface area contributed by atoms with Crippen molar-refractivity contribution in [2.75, 3.05) is 31.5 Å². The van der Waals surface area contributed by atoms with Crippen LogP contribution >= 0.6 is 12.4 Å². The van der Waals surface area contributed by atoms with Crippen LogP contribution in [0.2, 0.25) is 0 Å². The molecule has 9 heteroatoms. The zero-order valence-corrected chi connectivity index (χ0v) is 17.2. The largest absolute Gasteiger partial charge is 0.324 e. The number of fused-ring (bicyclic) bond motifs is 1. The summed E-state index contributed by atoms with van der Waals surface area (Å²) in [4.78, 5) is 23.4. The molecule has 0 aliphatic carbocycles. The van der Waals surface area contributed by atoms with E-state index in [0.29, 0.717) is 11.8 Å². The van der Waals surface area contributed by atoms with E-state index in [1.807, 2.05) is 30.5 Å². The van der Waals surface area contributed by atoms with E-state index in [1.54, 1.807) is 12.4 Å². The third-order valence-electron chi connectivity index (χ3n) is 4.99. The first-order valence-corrected chi connectivity index (χ1v) is 9.76. The van der Waals surface area contributed by atoms with Crippen LogP contribution in [-0.4, -0.2) is 56.0 Å². The van der Waals surface area contributed by atoms with E-state index in [-0.39, 0.29) is 12.4 Å². The molecule has 1 saturated heterocycles. The highest BCUT2D eigenvalue weighted by atomic mass is 35.5. The highest BCUT2D eigenvalue weighted by Crippen LogP contribution is 2.23. The SMILES string of the molecule is Cl.c1cnc(-c2ccc3nc(Nc4cc(CN5CCNCC5)ccn4)[nH]c3c2)nc1. The van der Waals surface area contributed by atoms with Gasteiger partial charge in [0.1, 0.15) is 5.82 Å². The zero-order valence-electron chi connectivity index (χ0n) is 16.4. The zero-order chi connectivity index (χ0) is 19.5. The van der Waals surface area contributed by atoms with Gasteiger partial charge in [0.2, 0.25) is 5.95 Å². The number of hydrogen-bond acceptors (Lipinski definition) is 7. The van der Waals surface area contributed by atoms with Gasteiger partial charge in [0.05, 0.1) is 11.0 Å². The summed E-state index contributed by atoms with van der Waals surface area (Å²) in [5.74, 6) is 2.14. The summed E-state index contributed by atoms with van der Waals surface area (Å²) >= 11 is 0. The maximum absolute atomic E-state index is 4.62. The fourth-order valence-electron chi connectivity index (χ4n) is 3.55. The number of benzene rings is 1. The number of imidazole rings is 1. The molecule has 0 atom stereocenters. The molecule has 3 aromatic heterocycles. The monoisotopic (exact) mass is 422 g/mol. The predicted octanol–water partition coefficient (Wildman–Crippen LogP) is 2.99. The number of piperazine rings is 1. The average molecular weight is 423 g/mol. The van der Waals surface area contributed by atoms with Gasteiger partial charge in [-0.05, 0) is 42.0 Å². The van der Waals surface area contributed by atoms with Crippen molar-refractivity contribution in [3.63, 3.8) is 0 Å². The van der Waals surface area contributed by atoms with Gasteiger partial charge in [-0.2, -0.15) is 0 Å². The fourth-order valence-corrected chi connectivity index (χ4v) is 3.55. The summed E-state index contributed by atoms with van der Waals surface area (Å²) in [7, 11) is 0. The molecule has 3 N–H and O–H groups in total. The van der Waals surface area contributed by atoms with Crippen molar-refractivity contribution in [2.24, 2.45) is 0 Å². The third-order valence-corrected chi connectivity index (χ3v) is 4.99. The van der Waals surface area contributed by atoms with Crippen LogP contribution in [0.1, 0.15) is 5.56 Å². The van der Waals surface area contributed by atoms with E-state index in [4.69, 9.17) is 0 Å². The van der Waals surface area contributed by atoms with Crippen LogP contribution in [0.3, 0.4) is 0 Å². The Bertz CT molecular complexity index is 1110. The van der Waals surface area contributed by atoms with E-state index >= 15 is 0 Å². The Hall–Kier alpha value is -3.07. The number of pyridine rings is 1. The number of nitrogens with one attached hydrogen (secondary N) is 3. The molecule has 30 heavy (non-hydrogen) atoms. The minimum atomic E-state index is 0. The molecule has 0 radical (unpaired) electrons. The minimum absolute atomic E-state index is 0. The van der Waals surface area contributed by atoms with E-state index < -0.39 is 0 Å². The lowest BCUT2D eigenvalue weighted by molar-refractivity contribution is 0.233. The normalized spacial score (nSPS) is 14.4. The van der Waals surface area contributed by atoms with Crippen molar-refractivity contribution < 1.29 is 0 Å². The molecule has 8 nitrogen and oxygen atoms in total. The second-order valence-corrected chi connectivity index (χ2v) is 7.09. The van der Waals surface area contributed by atoms with Crippen molar-refractivity contribution in [2.45, 2.75) is 6.54 Å². The molecule has 0 saturated carbocycles. The molecule has 4 aromatic rings. The van der Waals surface area contributed by atoms with Gasteiger partial charge in [-0.3, -0.25) is 4.90 Å². The molecular weight excluding hydrogens is 400 g/mol. The van der Waals surface area contributed by atoms with Crippen molar-refractivity contribution in [1.82, 2.24) is 35.1 Å². The van der Waals surface area contributed by atoms with Crippen molar-refractivity contribution in [3.8, 4) is 11.4 Å². The number of aromatic nitrogens is 5. The number of nitrogens with zero attached hydrogens (tertiary/aromatic N) is 5. The van der Waals surface area contributed by atoms with Crippen molar-refractivity contribution in [1.29, 1.82) is 0 Å². The maximum Gasteiger partial charge on any atom is 0.206 e. The first-order valence-electron chi connectivity index (χ1n) is 9.76. The lowest BCUT2D eigenvalue weighted by Gasteiger charge is -2.27. The Balaban J connectivity index is 0.00000218. The lowest BCUT2D eigenvalue weighted by Crippen LogP contribution is -2.42. The van der Waals surface area contributed by atoms with Crippen molar-refractivity contribution >= 4 is 35.2 Å². The molecule has 4 heterocycles. The molecule has 1 aliphatic rings. The molecule has 0 spiro atoms. The molecular formula is C21H23ClN8. The molecule has 1 aromatic carbocycles. The fraction of sp³-hybridized carbons (Fsp3) is 0.238. The van der Waals surface area contributed by atoms with Gasteiger partial charge in [0.15, 0.2) is 5.82 Å². The third kappa shape index (κ3) is 4.56. The van der Waals surface area contributed by atoms with Crippen LogP contribution in [-0.2, 0) is 6.54 Å². The minimum Gasteiger partial charge on any atom is -0.324 e. The molecule has 0 bridgehead atoms. The Kier molecular flexibility index (Phi) is 6.18. The van der Waals surface area contributed by atoms with E-state index in [1.165, 1.54) is 5.56 Å². The second kappa shape index (κ2) is 9.17. The number of aromatic amines is 1. The highest BCUT2D eigenvalue weighted by Gasteiger charge is 2.11. The average Bonchev–Trinajstić information content (AvgIpc) is 3.17. The summed E-state index contributed by atoms with van der Waals surface area (Å²) < 4.78 is 0. The van der Waals surface area contributed by atoms with Crippen LogP contribution in [0.15, 0.2) is 55.0 Å². The second-order valence-electron chi connectivity index (χ2n) is 7.09. The topological polar surface area (TPSA) is 94.6 Å². The molecule has 0 amide bonds. The van der Waals surface area contributed by atoms with Gasteiger partial charge >= 0.3 is 0 Å². The van der Waals surface area contributed by atoms with E-state index in [2.05, 4.69) is 52.6 Å². The van der Waals surface area contributed by atoms with Gasteiger partial charge in [0, 0.05) is 56.9 Å². The van der Waals surface area contributed by atoms with Gasteiger partial charge in [-0.15, -0.1) is 12.4 Å². The van der Waals surface area contributed by atoms with Gasteiger partial charge in [0.25, 0.3) is 0 Å². The smallest absolute Gasteiger partial charge is 0.206 e. The quantitative estimate of drug-likeness (QED) is 0.455. The Morgan fingerprint density at radius 1 is 0.967 bits per heavy atom.